The van der Waals surface area contributed by atoms with Crippen LogP contribution in [0.25, 0.3) is 0 Å². The normalized spacial score (nSPS) is 16.1. The molecule has 0 aromatic heterocycles. The Kier molecular flexibility index (Phi) is 2.48. The van der Waals surface area contributed by atoms with E-state index >= 15 is 0 Å². The Morgan fingerprint density at radius 3 is 2.44 bits per heavy atom. The fourth-order valence-corrected chi connectivity index (χ4v) is 2.01. The van der Waals surface area contributed by atoms with Gasteiger partial charge in [-0.15, -0.1) is 0 Å². The number of alkyl halides is 3. The van der Waals surface area contributed by atoms with E-state index in [9.17, 15) is 22.4 Å². The first-order valence-corrected chi connectivity index (χ1v) is 4.83. The number of hydrogen-bond acceptors (Lipinski definition) is 1. The van der Waals surface area contributed by atoms with Crippen molar-refractivity contribution in [1.82, 2.24) is 0 Å². The first-order valence-electron chi connectivity index (χ1n) is 4.83. The van der Waals surface area contributed by atoms with Crippen molar-refractivity contribution in [3.05, 3.63) is 34.6 Å². The lowest BCUT2D eigenvalue weighted by Gasteiger charge is -2.20. The number of Topliss-reactive ketones (excluding diaryl/α,β-unsaturated/α-hetero) is 1. The summed E-state index contributed by atoms with van der Waals surface area (Å²) in [5.74, 6) is -1.65. The van der Waals surface area contributed by atoms with E-state index in [4.69, 9.17) is 0 Å². The van der Waals surface area contributed by atoms with Crippen LogP contribution in [0.15, 0.2) is 12.1 Å². The summed E-state index contributed by atoms with van der Waals surface area (Å²) in [4.78, 5) is 11.4. The number of rotatable bonds is 0. The van der Waals surface area contributed by atoms with Gasteiger partial charge in [0.15, 0.2) is 5.78 Å². The monoisotopic (exact) mass is 232 g/mol. The molecule has 2 rings (SSSR count). The van der Waals surface area contributed by atoms with Gasteiger partial charge in [0.1, 0.15) is 5.82 Å². The molecule has 0 amide bonds. The molecule has 86 valence electrons. The van der Waals surface area contributed by atoms with Gasteiger partial charge < -0.3 is 0 Å². The summed E-state index contributed by atoms with van der Waals surface area (Å²) in [6.07, 6.45) is -4.06. The minimum absolute atomic E-state index is 0.0139. The maximum Gasteiger partial charge on any atom is 0.419 e. The van der Waals surface area contributed by atoms with Gasteiger partial charge in [-0.05, 0) is 30.5 Å². The van der Waals surface area contributed by atoms with E-state index in [-0.39, 0.29) is 29.8 Å². The minimum Gasteiger partial charge on any atom is -0.294 e. The van der Waals surface area contributed by atoms with E-state index in [0.29, 0.717) is 12.5 Å². The topological polar surface area (TPSA) is 17.1 Å². The standard InChI is InChI=1S/C11H8F4O/c12-8-5-4-6-7(2-1-3-9(6)16)10(8)11(13,14)15/h4-5H,1-3H2. The van der Waals surface area contributed by atoms with Crippen LogP contribution in [0.2, 0.25) is 0 Å². The van der Waals surface area contributed by atoms with Crippen LogP contribution in [0.4, 0.5) is 17.6 Å². The highest BCUT2D eigenvalue weighted by molar-refractivity contribution is 5.98. The molecule has 1 aliphatic carbocycles. The molecule has 1 aliphatic rings. The number of carbonyl (C=O) groups excluding carboxylic acids is 1. The summed E-state index contributed by atoms with van der Waals surface area (Å²) < 4.78 is 51.0. The summed E-state index contributed by atoms with van der Waals surface area (Å²) in [6, 6.07) is 1.85. The predicted octanol–water partition coefficient (Wildman–Crippen LogP) is 3.36. The second kappa shape index (κ2) is 3.57. The molecule has 1 aromatic carbocycles. The van der Waals surface area contributed by atoms with Crippen LogP contribution in [0.5, 0.6) is 0 Å². The van der Waals surface area contributed by atoms with Crippen molar-refractivity contribution in [2.75, 3.05) is 0 Å². The zero-order valence-electron chi connectivity index (χ0n) is 8.20. The highest BCUT2D eigenvalue weighted by atomic mass is 19.4. The molecule has 0 spiro atoms. The molecule has 0 aliphatic heterocycles. The minimum atomic E-state index is -4.74. The largest absolute Gasteiger partial charge is 0.419 e. The van der Waals surface area contributed by atoms with Crippen molar-refractivity contribution in [2.45, 2.75) is 25.4 Å². The molecule has 1 nitrogen and oxygen atoms in total. The zero-order valence-corrected chi connectivity index (χ0v) is 8.20. The summed E-state index contributed by atoms with van der Waals surface area (Å²) >= 11 is 0. The van der Waals surface area contributed by atoms with Crippen molar-refractivity contribution in [2.24, 2.45) is 0 Å². The molecule has 0 radical (unpaired) electrons. The lowest BCUT2D eigenvalue weighted by molar-refractivity contribution is -0.140. The van der Waals surface area contributed by atoms with Gasteiger partial charge in [0.2, 0.25) is 0 Å². The molecule has 16 heavy (non-hydrogen) atoms. The molecular formula is C11H8F4O. The maximum absolute atomic E-state index is 13.2. The number of ketones is 1. The van der Waals surface area contributed by atoms with Crippen LogP contribution in [0, 0.1) is 5.82 Å². The molecular weight excluding hydrogens is 224 g/mol. The van der Waals surface area contributed by atoms with E-state index < -0.39 is 17.6 Å². The molecule has 5 heteroatoms. The Balaban J connectivity index is 2.68. The Morgan fingerprint density at radius 2 is 1.81 bits per heavy atom. The van der Waals surface area contributed by atoms with Gasteiger partial charge in [-0.25, -0.2) is 4.39 Å². The van der Waals surface area contributed by atoms with Gasteiger partial charge in [0.25, 0.3) is 0 Å². The molecule has 0 heterocycles. The first kappa shape index (κ1) is 11.1. The van der Waals surface area contributed by atoms with E-state index in [1.165, 1.54) is 0 Å². The fourth-order valence-electron chi connectivity index (χ4n) is 2.01. The van der Waals surface area contributed by atoms with Crippen LogP contribution in [-0.2, 0) is 12.6 Å². The van der Waals surface area contributed by atoms with Crippen LogP contribution in [0.1, 0.15) is 34.3 Å². The van der Waals surface area contributed by atoms with Gasteiger partial charge >= 0.3 is 6.18 Å². The summed E-state index contributed by atoms with van der Waals surface area (Å²) in [7, 11) is 0. The predicted molar refractivity (Wildman–Crippen MR) is 48.7 cm³/mol. The third-order valence-corrected chi connectivity index (χ3v) is 2.68. The van der Waals surface area contributed by atoms with Gasteiger partial charge in [0.05, 0.1) is 5.56 Å². The van der Waals surface area contributed by atoms with Gasteiger partial charge in [0, 0.05) is 12.0 Å². The molecule has 0 fully saturated rings. The highest BCUT2D eigenvalue weighted by Gasteiger charge is 2.39. The van der Waals surface area contributed by atoms with Crippen molar-refractivity contribution >= 4 is 5.78 Å². The van der Waals surface area contributed by atoms with E-state index in [1.807, 2.05) is 0 Å². The lowest BCUT2D eigenvalue weighted by atomic mass is 9.87. The molecule has 0 bridgehead atoms. The summed E-state index contributed by atoms with van der Waals surface area (Å²) in [5, 5.41) is 0. The van der Waals surface area contributed by atoms with E-state index in [1.54, 1.807) is 0 Å². The third-order valence-electron chi connectivity index (χ3n) is 2.68. The van der Waals surface area contributed by atoms with Crippen LogP contribution < -0.4 is 0 Å². The number of hydrogen-bond donors (Lipinski definition) is 0. The quantitative estimate of drug-likeness (QED) is 0.627. The second-order valence-corrected chi connectivity index (χ2v) is 3.72. The Morgan fingerprint density at radius 1 is 1.12 bits per heavy atom. The number of benzene rings is 1. The molecule has 0 saturated heterocycles. The molecule has 0 saturated carbocycles. The van der Waals surface area contributed by atoms with Gasteiger partial charge in [-0.3, -0.25) is 4.79 Å². The van der Waals surface area contributed by atoms with Crippen molar-refractivity contribution in [3.63, 3.8) is 0 Å². The fraction of sp³-hybridized carbons (Fsp3) is 0.364. The Bertz CT molecular complexity index is 448. The van der Waals surface area contributed by atoms with Crippen LogP contribution in [0.3, 0.4) is 0 Å². The maximum atomic E-state index is 13.2. The molecule has 0 unspecified atom stereocenters. The highest BCUT2D eigenvalue weighted by Crippen LogP contribution is 2.37. The first-order chi connectivity index (χ1) is 7.41. The van der Waals surface area contributed by atoms with E-state index in [0.717, 1.165) is 6.07 Å². The van der Waals surface area contributed by atoms with Crippen molar-refractivity contribution in [1.29, 1.82) is 0 Å². The third kappa shape index (κ3) is 1.70. The average molecular weight is 232 g/mol. The molecule has 0 N–H and O–H groups in total. The smallest absolute Gasteiger partial charge is 0.294 e. The zero-order chi connectivity index (χ0) is 11.9. The number of carbonyl (C=O) groups is 1. The second-order valence-electron chi connectivity index (χ2n) is 3.72. The Labute approximate surface area is 89.1 Å². The number of fused-ring (bicyclic) bond motifs is 1. The molecule has 0 atom stereocenters. The SMILES string of the molecule is O=C1CCCc2c1ccc(F)c2C(F)(F)F. The van der Waals surface area contributed by atoms with Crippen LogP contribution in [-0.4, -0.2) is 5.78 Å². The summed E-state index contributed by atoms with van der Waals surface area (Å²) in [5.41, 5.74) is -1.46. The van der Waals surface area contributed by atoms with Crippen molar-refractivity contribution in [3.8, 4) is 0 Å². The average Bonchev–Trinajstić information content (AvgIpc) is 2.15. The van der Waals surface area contributed by atoms with Crippen LogP contribution >= 0.6 is 0 Å². The van der Waals surface area contributed by atoms with Crippen molar-refractivity contribution < 1.29 is 22.4 Å². The van der Waals surface area contributed by atoms with E-state index in [2.05, 4.69) is 0 Å². The summed E-state index contributed by atoms with van der Waals surface area (Å²) in [6.45, 7) is 0. The lowest BCUT2D eigenvalue weighted by Crippen LogP contribution is -2.19. The van der Waals surface area contributed by atoms with Gasteiger partial charge in [-0.1, -0.05) is 0 Å². The Hall–Kier alpha value is -1.39. The number of halogens is 4. The molecule has 1 aromatic rings. The van der Waals surface area contributed by atoms with Gasteiger partial charge in [-0.2, -0.15) is 13.2 Å².